The Bertz CT molecular complexity index is 915. The molecular weight excluding hydrogens is 304 g/mol. The zero-order valence-corrected chi connectivity index (χ0v) is 13.9. The van der Waals surface area contributed by atoms with E-state index in [1.54, 1.807) is 13.0 Å². The van der Waals surface area contributed by atoms with Gasteiger partial charge in [0.25, 0.3) is 0 Å². The third-order valence-electron chi connectivity index (χ3n) is 5.01. The Morgan fingerprint density at radius 2 is 1.88 bits per heavy atom. The fourth-order valence-corrected chi connectivity index (χ4v) is 3.37. The minimum Gasteiger partial charge on any atom is -0.479 e. The van der Waals surface area contributed by atoms with Crippen molar-refractivity contribution in [3.63, 3.8) is 0 Å². The standard InChI is InChI=1S/C19H20N2O3/c1-11-12(2)21-10-9-14-16(18(21)20-11)24-15(17(22)19(14,3)23)13-7-5-4-6-8-13/h4-10,15,17,22-23H,1-3H3/t15-,17-,19+/m1/s1. The van der Waals surface area contributed by atoms with Crippen molar-refractivity contribution in [2.75, 3.05) is 0 Å². The molecule has 0 saturated heterocycles. The Kier molecular flexibility index (Phi) is 3.20. The van der Waals surface area contributed by atoms with Gasteiger partial charge in [0.1, 0.15) is 11.7 Å². The topological polar surface area (TPSA) is 67.0 Å². The van der Waals surface area contributed by atoms with E-state index in [4.69, 9.17) is 4.74 Å². The van der Waals surface area contributed by atoms with Crippen LogP contribution < -0.4 is 4.74 Å². The highest BCUT2D eigenvalue weighted by atomic mass is 16.5. The Hall–Kier alpha value is -2.37. The van der Waals surface area contributed by atoms with Gasteiger partial charge in [0.15, 0.2) is 17.5 Å². The molecule has 5 heteroatoms. The van der Waals surface area contributed by atoms with E-state index in [9.17, 15) is 10.2 Å². The fraction of sp³-hybridized carbons (Fsp3) is 0.316. The summed E-state index contributed by atoms with van der Waals surface area (Å²) in [6.07, 6.45) is 0.126. The second-order valence-corrected chi connectivity index (χ2v) is 6.58. The van der Waals surface area contributed by atoms with Crippen molar-refractivity contribution in [1.29, 1.82) is 0 Å². The zero-order valence-electron chi connectivity index (χ0n) is 13.9. The second-order valence-electron chi connectivity index (χ2n) is 6.58. The van der Waals surface area contributed by atoms with Crippen LogP contribution in [0.1, 0.15) is 35.5 Å². The van der Waals surface area contributed by atoms with Gasteiger partial charge in [0, 0.05) is 17.5 Å². The monoisotopic (exact) mass is 324 g/mol. The molecule has 3 atom stereocenters. The third-order valence-corrected chi connectivity index (χ3v) is 5.01. The summed E-state index contributed by atoms with van der Waals surface area (Å²) in [6, 6.07) is 11.2. The van der Waals surface area contributed by atoms with Crippen molar-refractivity contribution >= 4 is 5.65 Å². The van der Waals surface area contributed by atoms with Crippen molar-refractivity contribution in [2.45, 2.75) is 38.6 Å². The molecular formula is C19H20N2O3. The van der Waals surface area contributed by atoms with Gasteiger partial charge >= 0.3 is 0 Å². The summed E-state index contributed by atoms with van der Waals surface area (Å²) in [5.74, 6) is 0.526. The molecule has 1 aliphatic rings. The molecule has 0 radical (unpaired) electrons. The first-order chi connectivity index (χ1) is 11.4. The lowest BCUT2D eigenvalue weighted by atomic mass is 9.82. The SMILES string of the molecule is Cc1nc2c3c(ccn2c1C)[C@](C)(O)[C@H](O)[C@@H](c1ccccc1)O3. The van der Waals surface area contributed by atoms with Gasteiger partial charge in [-0.2, -0.15) is 0 Å². The molecule has 0 unspecified atom stereocenters. The largest absolute Gasteiger partial charge is 0.479 e. The van der Waals surface area contributed by atoms with E-state index in [-0.39, 0.29) is 0 Å². The Morgan fingerprint density at radius 1 is 1.17 bits per heavy atom. The van der Waals surface area contributed by atoms with Gasteiger partial charge in [-0.1, -0.05) is 30.3 Å². The van der Waals surface area contributed by atoms with Crippen LogP contribution in [0.3, 0.4) is 0 Å². The number of ether oxygens (including phenoxy) is 1. The molecule has 24 heavy (non-hydrogen) atoms. The highest BCUT2D eigenvalue weighted by Gasteiger charge is 2.47. The van der Waals surface area contributed by atoms with E-state index in [2.05, 4.69) is 4.98 Å². The van der Waals surface area contributed by atoms with Crippen LogP contribution in [-0.4, -0.2) is 25.7 Å². The third kappa shape index (κ3) is 1.98. The van der Waals surface area contributed by atoms with Crippen LogP contribution in [-0.2, 0) is 5.60 Å². The van der Waals surface area contributed by atoms with E-state index in [1.807, 2.05) is 54.8 Å². The van der Waals surface area contributed by atoms with Crippen LogP contribution in [0.4, 0.5) is 0 Å². The first-order valence-electron chi connectivity index (χ1n) is 8.02. The van der Waals surface area contributed by atoms with Crippen LogP contribution in [0, 0.1) is 13.8 Å². The predicted octanol–water partition coefficient (Wildman–Crippen LogP) is 2.65. The second kappa shape index (κ2) is 5.06. The van der Waals surface area contributed by atoms with E-state index < -0.39 is 17.8 Å². The van der Waals surface area contributed by atoms with Crippen molar-refractivity contribution in [3.8, 4) is 5.75 Å². The average Bonchev–Trinajstić information content (AvgIpc) is 2.87. The summed E-state index contributed by atoms with van der Waals surface area (Å²) in [7, 11) is 0. The molecule has 3 aromatic rings. The average molecular weight is 324 g/mol. The summed E-state index contributed by atoms with van der Waals surface area (Å²) in [5.41, 5.74) is 2.55. The summed E-state index contributed by atoms with van der Waals surface area (Å²) < 4.78 is 8.10. The van der Waals surface area contributed by atoms with Crippen LogP contribution >= 0.6 is 0 Å². The van der Waals surface area contributed by atoms with Gasteiger partial charge in [-0.05, 0) is 32.4 Å². The molecule has 0 saturated carbocycles. The van der Waals surface area contributed by atoms with E-state index in [0.717, 1.165) is 17.0 Å². The molecule has 1 aromatic carbocycles. The highest BCUT2D eigenvalue weighted by molar-refractivity contribution is 5.62. The van der Waals surface area contributed by atoms with Crippen molar-refractivity contribution in [3.05, 3.63) is 65.1 Å². The van der Waals surface area contributed by atoms with Crippen LogP contribution in [0.15, 0.2) is 42.6 Å². The molecule has 4 rings (SSSR count). The van der Waals surface area contributed by atoms with Crippen LogP contribution in [0.2, 0.25) is 0 Å². The lowest BCUT2D eigenvalue weighted by Gasteiger charge is -2.41. The van der Waals surface area contributed by atoms with E-state index in [1.165, 1.54) is 0 Å². The summed E-state index contributed by atoms with van der Waals surface area (Å²) in [4.78, 5) is 4.59. The van der Waals surface area contributed by atoms with Crippen molar-refractivity contribution < 1.29 is 14.9 Å². The number of nitrogens with zero attached hydrogens (tertiary/aromatic N) is 2. The molecule has 0 aliphatic carbocycles. The number of aliphatic hydroxyl groups excluding tert-OH is 1. The minimum atomic E-state index is -1.43. The van der Waals surface area contributed by atoms with Gasteiger partial charge in [0.2, 0.25) is 0 Å². The molecule has 5 nitrogen and oxygen atoms in total. The highest BCUT2D eigenvalue weighted by Crippen LogP contribution is 2.46. The van der Waals surface area contributed by atoms with E-state index >= 15 is 0 Å². The number of pyridine rings is 1. The van der Waals surface area contributed by atoms with Gasteiger partial charge in [0.05, 0.1) is 5.69 Å². The smallest absolute Gasteiger partial charge is 0.180 e. The van der Waals surface area contributed by atoms with Gasteiger partial charge < -0.3 is 19.4 Å². The molecule has 1 aliphatic heterocycles. The van der Waals surface area contributed by atoms with Crippen molar-refractivity contribution in [2.24, 2.45) is 0 Å². The lowest BCUT2D eigenvalue weighted by Crippen LogP contribution is -2.46. The quantitative estimate of drug-likeness (QED) is 0.722. The molecule has 0 bridgehead atoms. The lowest BCUT2D eigenvalue weighted by molar-refractivity contribution is -0.131. The Labute approximate surface area is 140 Å². The maximum Gasteiger partial charge on any atom is 0.180 e. The van der Waals surface area contributed by atoms with Gasteiger partial charge in [-0.25, -0.2) is 4.98 Å². The number of aromatic nitrogens is 2. The number of benzene rings is 1. The number of hydrogen-bond acceptors (Lipinski definition) is 4. The number of aryl methyl sites for hydroxylation is 2. The molecule has 124 valence electrons. The summed E-state index contributed by atoms with van der Waals surface area (Å²) in [5, 5.41) is 21.7. The van der Waals surface area contributed by atoms with E-state index in [0.29, 0.717) is 17.0 Å². The van der Waals surface area contributed by atoms with Crippen LogP contribution in [0.25, 0.3) is 5.65 Å². The number of hydrogen-bond donors (Lipinski definition) is 2. The number of fused-ring (bicyclic) bond motifs is 3. The number of rotatable bonds is 1. The summed E-state index contributed by atoms with van der Waals surface area (Å²) >= 11 is 0. The maximum absolute atomic E-state index is 11.0. The predicted molar refractivity (Wildman–Crippen MR) is 90.1 cm³/mol. The Balaban J connectivity index is 1.95. The maximum atomic E-state index is 11.0. The molecule has 0 amide bonds. The zero-order chi connectivity index (χ0) is 17.1. The van der Waals surface area contributed by atoms with Gasteiger partial charge in [-0.15, -0.1) is 0 Å². The minimum absolute atomic E-state index is 0.526. The molecule has 2 N–H and O–H groups in total. The van der Waals surface area contributed by atoms with Crippen molar-refractivity contribution in [1.82, 2.24) is 9.38 Å². The molecule has 0 spiro atoms. The first kappa shape index (κ1) is 15.2. The molecule has 3 heterocycles. The molecule has 0 fully saturated rings. The number of aliphatic hydroxyl groups is 2. The molecule has 2 aromatic heterocycles. The fourth-order valence-electron chi connectivity index (χ4n) is 3.37. The number of imidazole rings is 1. The Morgan fingerprint density at radius 3 is 2.58 bits per heavy atom. The normalized spacial score (nSPS) is 26.2. The van der Waals surface area contributed by atoms with Gasteiger partial charge in [-0.3, -0.25) is 0 Å². The van der Waals surface area contributed by atoms with Crippen LogP contribution in [0.5, 0.6) is 5.75 Å². The first-order valence-corrected chi connectivity index (χ1v) is 8.02. The summed E-state index contributed by atoms with van der Waals surface area (Å²) in [6.45, 7) is 5.56.